The molecule has 25 heavy (non-hydrogen) atoms. The fourth-order valence-electron chi connectivity index (χ4n) is 2.26. The third-order valence-electron chi connectivity index (χ3n) is 3.78. The van der Waals surface area contributed by atoms with Gasteiger partial charge in [-0.2, -0.15) is 0 Å². The van der Waals surface area contributed by atoms with Crippen molar-refractivity contribution in [2.45, 2.75) is 52.0 Å². The molecule has 2 atom stereocenters. The minimum absolute atomic E-state index is 0.0969. The van der Waals surface area contributed by atoms with Crippen molar-refractivity contribution in [1.29, 1.82) is 0 Å². The van der Waals surface area contributed by atoms with E-state index in [1.165, 1.54) is 0 Å². The molecule has 0 amide bonds. The summed E-state index contributed by atoms with van der Waals surface area (Å²) < 4.78 is 21.3. The van der Waals surface area contributed by atoms with Gasteiger partial charge in [-0.3, -0.25) is 4.98 Å². The Morgan fingerprint density at radius 2 is 1.84 bits per heavy atom. The third-order valence-corrected chi connectivity index (χ3v) is 5.36. The van der Waals surface area contributed by atoms with Crippen LogP contribution in [0.2, 0.25) is 0 Å². The zero-order valence-electron chi connectivity index (χ0n) is 15.7. The maximum absolute atomic E-state index is 12.5. The van der Waals surface area contributed by atoms with Crippen molar-refractivity contribution in [3.05, 3.63) is 59.9 Å². The van der Waals surface area contributed by atoms with Crippen molar-refractivity contribution < 1.29 is 8.95 Å². The third kappa shape index (κ3) is 5.94. The highest BCUT2D eigenvalue weighted by molar-refractivity contribution is 7.84. The van der Waals surface area contributed by atoms with Gasteiger partial charge < -0.3 is 4.74 Å². The van der Waals surface area contributed by atoms with E-state index in [0.29, 0.717) is 6.61 Å². The van der Waals surface area contributed by atoms with Crippen LogP contribution in [0.4, 0.5) is 0 Å². The van der Waals surface area contributed by atoms with E-state index in [9.17, 15) is 4.21 Å². The van der Waals surface area contributed by atoms with Crippen LogP contribution >= 0.6 is 0 Å². The van der Waals surface area contributed by atoms with Crippen LogP contribution in [0.1, 0.15) is 51.9 Å². The van der Waals surface area contributed by atoms with E-state index in [2.05, 4.69) is 23.6 Å². The molecule has 0 aliphatic heterocycles. The first-order valence-electron chi connectivity index (χ1n) is 8.58. The second-order valence-corrected chi connectivity index (χ2v) is 9.41. The molecule has 4 nitrogen and oxygen atoms in total. The SMILES string of the molecule is CC(C)[C@H](N[S@@](=O)C(C)(C)C)c1cc(OCc2ccccc2)ccn1. The number of hydrogen-bond acceptors (Lipinski definition) is 3. The number of hydrogen-bond donors (Lipinski definition) is 1. The van der Waals surface area contributed by atoms with E-state index in [1.807, 2.05) is 63.2 Å². The lowest BCUT2D eigenvalue weighted by molar-refractivity contribution is 0.304. The summed E-state index contributed by atoms with van der Waals surface area (Å²) in [6.07, 6.45) is 1.74. The lowest BCUT2D eigenvalue weighted by Gasteiger charge is -2.26. The molecule has 0 radical (unpaired) electrons. The quantitative estimate of drug-likeness (QED) is 0.796. The Morgan fingerprint density at radius 1 is 1.16 bits per heavy atom. The average molecular weight is 361 g/mol. The molecule has 1 heterocycles. The van der Waals surface area contributed by atoms with E-state index in [0.717, 1.165) is 17.0 Å². The summed E-state index contributed by atoms with van der Waals surface area (Å²) in [6, 6.07) is 13.7. The van der Waals surface area contributed by atoms with Gasteiger partial charge in [-0.15, -0.1) is 0 Å². The first-order chi connectivity index (χ1) is 11.8. The average Bonchev–Trinajstić information content (AvgIpc) is 2.57. The van der Waals surface area contributed by atoms with Crippen LogP contribution in [-0.4, -0.2) is 13.9 Å². The lowest BCUT2D eigenvalue weighted by Crippen LogP contribution is -2.37. The van der Waals surface area contributed by atoms with Gasteiger partial charge in [0.25, 0.3) is 0 Å². The topological polar surface area (TPSA) is 51.2 Å². The Balaban J connectivity index is 2.12. The number of pyridine rings is 1. The van der Waals surface area contributed by atoms with E-state index >= 15 is 0 Å². The number of rotatable bonds is 7. The van der Waals surface area contributed by atoms with Crippen LogP contribution in [0.5, 0.6) is 5.75 Å². The van der Waals surface area contributed by atoms with Gasteiger partial charge >= 0.3 is 0 Å². The van der Waals surface area contributed by atoms with Crippen LogP contribution < -0.4 is 9.46 Å². The van der Waals surface area contributed by atoms with E-state index in [1.54, 1.807) is 6.20 Å². The highest BCUT2D eigenvalue weighted by Gasteiger charge is 2.26. The predicted octanol–water partition coefficient (Wildman–Crippen LogP) is 4.41. The lowest BCUT2D eigenvalue weighted by atomic mass is 10.0. The van der Waals surface area contributed by atoms with Crippen LogP contribution in [-0.2, 0) is 17.6 Å². The normalized spacial score (nSPS) is 14.3. The summed E-state index contributed by atoms with van der Waals surface area (Å²) >= 11 is 0. The minimum atomic E-state index is -1.16. The Hall–Kier alpha value is -1.72. The summed E-state index contributed by atoms with van der Waals surface area (Å²) in [7, 11) is -1.16. The molecule has 136 valence electrons. The Kier molecular flexibility index (Phi) is 6.73. The molecule has 1 aromatic heterocycles. The summed E-state index contributed by atoms with van der Waals surface area (Å²) in [5.41, 5.74) is 1.96. The minimum Gasteiger partial charge on any atom is -0.489 e. The predicted molar refractivity (Wildman–Crippen MR) is 104 cm³/mol. The molecule has 0 unspecified atom stereocenters. The van der Waals surface area contributed by atoms with Crippen molar-refractivity contribution in [3.8, 4) is 5.75 Å². The van der Waals surface area contributed by atoms with Gasteiger partial charge in [-0.25, -0.2) is 8.93 Å². The molecule has 0 saturated heterocycles. The molecule has 2 rings (SSSR count). The van der Waals surface area contributed by atoms with E-state index < -0.39 is 11.0 Å². The van der Waals surface area contributed by atoms with Gasteiger partial charge in [-0.1, -0.05) is 44.2 Å². The molecular weight excluding hydrogens is 332 g/mol. The molecule has 0 fully saturated rings. The van der Waals surface area contributed by atoms with Crippen LogP contribution in [0.3, 0.4) is 0 Å². The van der Waals surface area contributed by atoms with Gasteiger partial charge in [0.1, 0.15) is 12.4 Å². The zero-order valence-corrected chi connectivity index (χ0v) is 16.5. The van der Waals surface area contributed by atoms with Crippen molar-refractivity contribution in [2.24, 2.45) is 5.92 Å². The second-order valence-electron chi connectivity index (χ2n) is 7.41. The molecule has 0 aliphatic rings. The molecule has 5 heteroatoms. The van der Waals surface area contributed by atoms with Crippen molar-refractivity contribution in [3.63, 3.8) is 0 Å². The summed E-state index contributed by atoms with van der Waals surface area (Å²) in [4.78, 5) is 4.47. The van der Waals surface area contributed by atoms with Crippen LogP contribution in [0, 0.1) is 5.92 Å². The number of benzene rings is 1. The van der Waals surface area contributed by atoms with Crippen LogP contribution in [0.25, 0.3) is 0 Å². The van der Waals surface area contributed by atoms with Crippen molar-refractivity contribution in [1.82, 2.24) is 9.71 Å². The fourth-order valence-corrected chi connectivity index (χ4v) is 3.24. The zero-order chi connectivity index (χ0) is 18.4. The van der Waals surface area contributed by atoms with Gasteiger partial charge in [0, 0.05) is 12.3 Å². The summed E-state index contributed by atoms with van der Waals surface area (Å²) in [5, 5.41) is 0. The number of nitrogens with zero attached hydrogens (tertiary/aromatic N) is 1. The number of nitrogens with one attached hydrogen (secondary N) is 1. The molecule has 2 aromatic rings. The number of aromatic nitrogens is 1. The molecular formula is C20H28N2O2S. The molecule has 1 N–H and O–H groups in total. The highest BCUT2D eigenvalue weighted by atomic mass is 32.2. The first kappa shape index (κ1) is 19.6. The fraction of sp³-hybridized carbons (Fsp3) is 0.450. The summed E-state index contributed by atoms with van der Waals surface area (Å²) in [5.74, 6) is 1.02. The molecule has 1 aromatic carbocycles. The maximum Gasteiger partial charge on any atom is 0.123 e. The first-order valence-corrected chi connectivity index (χ1v) is 9.73. The molecule has 0 bridgehead atoms. The van der Waals surface area contributed by atoms with Crippen molar-refractivity contribution >= 4 is 11.0 Å². The van der Waals surface area contributed by atoms with Crippen molar-refractivity contribution in [2.75, 3.05) is 0 Å². The van der Waals surface area contributed by atoms with E-state index in [-0.39, 0.29) is 16.7 Å². The Bertz CT molecular complexity index is 696. The largest absolute Gasteiger partial charge is 0.489 e. The second kappa shape index (κ2) is 8.59. The standard InChI is InChI=1S/C20H28N2O2S/c1-15(2)19(22-25(23)20(3,4)5)18-13-17(11-12-21-18)24-14-16-9-7-6-8-10-16/h6-13,15,19,22H,14H2,1-5H3/t19-,25-/m0/s1. The van der Waals surface area contributed by atoms with Gasteiger partial charge in [0.15, 0.2) is 0 Å². The molecule has 0 spiro atoms. The monoisotopic (exact) mass is 360 g/mol. The molecule has 0 aliphatic carbocycles. The van der Waals surface area contributed by atoms with Crippen LogP contribution in [0.15, 0.2) is 48.7 Å². The van der Waals surface area contributed by atoms with Gasteiger partial charge in [0.05, 0.1) is 27.5 Å². The Labute approximate surface area is 153 Å². The molecule has 0 saturated carbocycles. The van der Waals surface area contributed by atoms with E-state index in [4.69, 9.17) is 4.74 Å². The highest BCUT2D eigenvalue weighted by Crippen LogP contribution is 2.25. The van der Waals surface area contributed by atoms with Gasteiger partial charge in [0.2, 0.25) is 0 Å². The summed E-state index contributed by atoms with van der Waals surface area (Å²) in [6.45, 7) is 10.6. The van der Waals surface area contributed by atoms with Gasteiger partial charge in [-0.05, 0) is 38.3 Å². The smallest absolute Gasteiger partial charge is 0.123 e. The maximum atomic E-state index is 12.5. The Morgan fingerprint density at radius 3 is 2.44 bits per heavy atom. The number of ether oxygens (including phenoxy) is 1.